The summed E-state index contributed by atoms with van der Waals surface area (Å²) in [5.41, 5.74) is 1.87. The van der Waals surface area contributed by atoms with E-state index in [1.165, 1.54) is 0 Å². The van der Waals surface area contributed by atoms with Crippen LogP contribution in [0.5, 0.6) is 0 Å². The number of likely N-dealkylation sites (tertiary alicyclic amines) is 1. The number of amides is 2. The van der Waals surface area contributed by atoms with Gasteiger partial charge in [0, 0.05) is 18.8 Å². The number of aliphatic hydroxyl groups excluding tert-OH is 1. The summed E-state index contributed by atoms with van der Waals surface area (Å²) in [7, 11) is 0. The zero-order valence-electron chi connectivity index (χ0n) is 11.7. The second-order valence-electron chi connectivity index (χ2n) is 5.50. The van der Waals surface area contributed by atoms with Crippen molar-refractivity contribution in [1.29, 1.82) is 0 Å². The van der Waals surface area contributed by atoms with E-state index in [0.717, 1.165) is 24.8 Å². The number of hydrogen-bond acceptors (Lipinski definition) is 3. The first-order chi connectivity index (χ1) is 10.1. The minimum absolute atomic E-state index is 0.0262. The van der Waals surface area contributed by atoms with Gasteiger partial charge < -0.3 is 15.1 Å². The van der Waals surface area contributed by atoms with Crippen LogP contribution in [0.25, 0.3) is 0 Å². The molecular formula is C15H18N2O4. The Balaban J connectivity index is 1.88. The first-order valence-electron chi connectivity index (χ1n) is 7.17. The smallest absolute Gasteiger partial charge is 0.335 e. The summed E-state index contributed by atoms with van der Waals surface area (Å²) < 4.78 is 0. The predicted molar refractivity (Wildman–Crippen MR) is 76.7 cm³/mol. The Morgan fingerprint density at radius 2 is 2.10 bits per heavy atom. The van der Waals surface area contributed by atoms with Crippen molar-refractivity contribution in [3.8, 4) is 0 Å². The van der Waals surface area contributed by atoms with E-state index in [4.69, 9.17) is 5.11 Å². The van der Waals surface area contributed by atoms with Crippen molar-refractivity contribution in [3.05, 3.63) is 29.3 Å². The minimum Gasteiger partial charge on any atom is -0.478 e. The molecule has 0 radical (unpaired) electrons. The number of benzene rings is 1. The van der Waals surface area contributed by atoms with Crippen LogP contribution in [0, 0.1) is 0 Å². The maximum atomic E-state index is 12.7. The van der Waals surface area contributed by atoms with Gasteiger partial charge in [-0.2, -0.15) is 0 Å². The number of urea groups is 1. The number of carboxylic acid groups (broad SMARTS) is 1. The molecule has 112 valence electrons. The maximum Gasteiger partial charge on any atom is 0.335 e. The lowest BCUT2D eigenvalue weighted by Gasteiger charge is -2.29. The monoisotopic (exact) mass is 290 g/mol. The SMILES string of the molecule is O=C(O)c1ccc2c(c1)N(C(=O)N1CCCC1CO)CC2. The van der Waals surface area contributed by atoms with Gasteiger partial charge in [-0.3, -0.25) is 4.90 Å². The summed E-state index contributed by atoms with van der Waals surface area (Å²) in [6, 6.07) is 4.66. The van der Waals surface area contributed by atoms with Crippen LogP contribution < -0.4 is 4.90 Å². The summed E-state index contributed by atoms with van der Waals surface area (Å²) >= 11 is 0. The Labute approximate surface area is 122 Å². The van der Waals surface area contributed by atoms with Gasteiger partial charge in [-0.1, -0.05) is 6.07 Å². The Hall–Kier alpha value is -2.08. The Morgan fingerprint density at radius 1 is 1.29 bits per heavy atom. The lowest BCUT2D eigenvalue weighted by atomic mass is 10.1. The highest BCUT2D eigenvalue weighted by atomic mass is 16.4. The average molecular weight is 290 g/mol. The van der Waals surface area contributed by atoms with E-state index in [9.17, 15) is 14.7 Å². The molecule has 1 saturated heterocycles. The highest BCUT2D eigenvalue weighted by Crippen LogP contribution is 2.31. The molecule has 21 heavy (non-hydrogen) atoms. The molecule has 1 atom stereocenters. The Bertz CT molecular complexity index is 587. The molecule has 0 aromatic heterocycles. The van der Waals surface area contributed by atoms with E-state index in [1.807, 2.05) is 0 Å². The van der Waals surface area contributed by atoms with Gasteiger partial charge in [0.25, 0.3) is 0 Å². The van der Waals surface area contributed by atoms with Gasteiger partial charge in [-0.15, -0.1) is 0 Å². The van der Waals surface area contributed by atoms with Crippen molar-refractivity contribution < 1.29 is 19.8 Å². The Morgan fingerprint density at radius 3 is 2.81 bits per heavy atom. The van der Waals surface area contributed by atoms with E-state index in [-0.39, 0.29) is 24.2 Å². The Kier molecular flexibility index (Phi) is 3.55. The third kappa shape index (κ3) is 2.35. The summed E-state index contributed by atoms with van der Waals surface area (Å²) in [5, 5.41) is 18.4. The zero-order valence-corrected chi connectivity index (χ0v) is 11.7. The normalized spacial score (nSPS) is 20.7. The van der Waals surface area contributed by atoms with Gasteiger partial charge in [0.05, 0.1) is 18.2 Å². The fourth-order valence-corrected chi connectivity index (χ4v) is 3.14. The number of anilines is 1. The number of nitrogens with zero attached hydrogens (tertiary/aromatic N) is 2. The highest BCUT2D eigenvalue weighted by Gasteiger charge is 2.34. The van der Waals surface area contributed by atoms with Crippen molar-refractivity contribution in [2.45, 2.75) is 25.3 Å². The van der Waals surface area contributed by atoms with Crippen LogP contribution in [0.2, 0.25) is 0 Å². The number of fused-ring (bicyclic) bond motifs is 1. The van der Waals surface area contributed by atoms with Crippen molar-refractivity contribution in [3.63, 3.8) is 0 Å². The van der Waals surface area contributed by atoms with Crippen LogP contribution in [-0.4, -0.2) is 52.9 Å². The van der Waals surface area contributed by atoms with Crippen LogP contribution in [0.15, 0.2) is 18.2 Å². The number of carboxylic acids is 1. The first-order valence-corrected chi connectivity index (χ1v) is 7.17. The van der Waals surface area contributed by atoms with Crippen molar-refractivity contribution in [1.82, 2.24) is 4.90 Å². The number of carbonyl (C=O) groups is 2. The van der Waals surface area contributed by atoms with Crippen LogP contribution in [0.3, 0.4) is 0 Å². The summed E-state index contributed by atoms with van der Waals surface area (Å²) in [6.45, 7) is 1.18. The van der Waals surface area contributed by atoms with Crippen LogP contribution in [0.4, 0.5) is 10.5 Å². The molecule has 0 bridgehead atoms. The van der Waals surface area contributed by atoms with Crippen LogP contribution in [0.1, 0.15) is 28.8 Å². The molecule has 0 aliphatic carbocycles. The van der Waals surface area contributed by atoms with Gasteiger partial charge in [0.15, 0.2) is 0 Å². The lowest BCUT2D eigenvalue weighted by molar-refractivity contribution is 0.0697. The molecule has 6 nitrogen and oxygen atoms in total. The molecule has 2 aliphatic heterocycles. The summed E-state index contributed by atoms with van der Waals surface area (Å²) in [5.74, 6) is -0.994. The molecule has 3 rings (SSSR count). The van der Waals surface area contributed by atoms with Gasteiger partial charge in [0.1, 0.15) is 0 Å². The molecule has 1 aromatic carbocycles. The molecule has 2 N–H and O–H groups in total. The van der Waals surface area contributed by atoms with Gasteiger partial charge in [0.2, 0.25) is 0 Å². The fourth-order valence-electron chi connectivity index (χ4n) is 3.14. The van der Waals surface area contributed by atoms with Crippen LogP contribution >= 0.6 is 0 Å². The van der Waals surface area contributed by atoms with Gasteiger partial charge >= 0.3 is 12.0 Å². The zero-order chi connectivity index (χ0) is 15.0. The predicted octanol–water partition coefficient (Wildman–Crippen LogP) is 1.32. The lowest BCUT2D eigenvalue weighted by Crippen LogP contribution is -2.46. The van der Waals surface area contributed by atoms with E-state index in [0.29, 0.717) is 18.8 Å². The topological polar surface area (TPSA) is 81.1 Å². The number of aliphatic hydroxyl groups is 1. The maximum absolute atomic E-state index is 12.7. The second kappa shape index (κ2) is 5.37. The molecule has 0 spiro atoms. The third-order valence-corrected chi connectivity index (χ3v) is 4.29. The molecule has 1 aromatic rings. The summed E-state index contributed by atoms with van der Waals surface area (Å²) in [6.07, 6.45) is 2.45. The third-order valence-electron chi connectivity index (χ3n) is 4.29. The molecular weight excluding hydrogens is 272 g/mol. The van der Waals surface area contributed by atoms with E-state index < -0.39 is 5.97 Å². The van der Waals surface area contributed by atoms with Crippen molar-refractivity contribution >= 4 is 17.7 Å². The number of aromatic carboxylic acids is 1. The van der Waals surface area contributed by atoms with E-state index in [2.05, 4.69) is 0 Å². The van der Waals surface area contributed by atoms with Crippen molar-refractivity contribution in [2.75, 3.05) is 24.6 Å². The second-order valence-corrected chi connectivity index (χ2v) is 5.50. The van der Waals surface area contributed by atoms with E-state index >= 15 is 0 Å². The van der Waals surface area contributed by atoms with Crippen LogP contribution in [-0.2, 0) is 6.42 Å². The molecule has 2 amide bonds. The van der Waals surface area contributed by atoms with E-state index in [1.54, 1.807) is 28.0 Å². The largest absolute Gasteiger partial charge is 0.478 e. The number of rotatable bonds is 2. The molecule has 2 heterocycles. The molecule has 6 heteroatoms. The number of hydrogen-bond donors (Lipinski definition) is 2. The quantitative estimate of drug-likeness (QED) is 0.861. The highest BCUT2D eigenvalue weighted by molar-refractivity contribution is 5.97. The molecule has 1 fully saturated rings. The van der Waals surface area contributed by atoms with Gasteiger partial charge in [-0.25, -0.2) is 9.59 Å². The molecule has 1 unspecified atom stereocenters. The summed E-state index contributed by atoms with van der Waals surface area (Å²) in [4.78, 5) is 27.1. The average Bonchev–Trinajstić information content (AvgIpc) is 3.12. The minimum atomic E-state index is -0.994. The van der Waals surface area contributed by atoms with Crippen molar-refractivity contribution in [2.24, 2.45) is 0 Å². The first kappa shape index (κ1) is 13.9. The number of carbonyl (C=O) groups excluding carboxylic acids is 1. The standard InChI is InChI=1S/C15H18N2O4/c18-9-12-2-1-6-16(12)15(21)17-7-5-10-3-4-11(14(19)20)8-13(10)17/h3-4,8,12,18H,1-2,5-7,9H2,(H,19,20). The molecule has 2 aliphatic rings. The fraction of sp³-hybridized carbons (Fsp3) is 0.467. The van der Waals surface area contributed by atoms with Gasteiger partial charge in [-0.05, 0) is 37.0 Å². The molecule has 0 saturated carbocycles.